The summed E-state index contributed by atoms with van der Waals surface area (Å²) in [7, 11) is 0. The number of fused-ring (bicyclic) bond motifs is 2. The molecule has 0 atom stereocenters. The lowest BCUT2D eigenvalue weighted by Crippen LogP contribution is -2.47. The average Bonchev–Trinajstić information content (AvgIpc) is 3.18. The van der Waals surface area contributed by atoms with Crippen molar-refractivity contribution in [3.63, 3.8) is 0 Å². The van der Waals surface area contributed by atoms with E-state index in [1.54, 1.807) is 42.5 Å². The zero-order valence-corrected chi connectivity index (χ0v) is 19.6. The molecule has 0 fully saturated rings. The largest absolute Gasteiger partial charge is 0.333 e. The van der Waals surface area contributed by atoms with Gasteiger partial charge in [-0.25, -0.2) is 14.7 Å². The van der Waals surface area contributed by atoms with E-state index in [0.717, 1.165) is 16.0 Å². The molecule has 0 saturated carbocycles. The van der Waals surface area contributed by atoms with Crippen LogP contribution in [0.15, 0.2) is 42.5 Å². The molecule has 166 valence electrons. The van der Waals surface area contributed by atoms with Crippen molar-refractivity contribution in [2.75, 3.05) is 10.2 Å². The molecule has 4 rings (SSSR count). The molecule has 0 radical (unpaired) electrons. The minimum absolute atomic E-state index is 0.0822. The van der Waals surface area contributed by atoms with Crippen LogP contribution in [-0.2, 0) is 0 Å². The van der Waals surface area contributed by atoms with Crippen molar-refractivity contribution >= 4 is 50.2 Å². The second kappa shape index (κ2) is 7.70. The number of carbonyl (C=O) groups is 3. The Balaban J connectivity index is 1.52. The summed E-state index contributed by atoms with van der Waals surface area (Å²) in [6, 6.07) is 11.8. The standard InChI is InChI=1S/C24H26N4O3S/c1-23(2,3)13-24(4,5)27-21(31)25-14-10-11-17-18(12-14)32-22(26-17)28-19(29)15-8-6-7-9-16(15)20(28)30/h6-12H,13H2,1-5H3,(H2,25,27,31). The Kier molecular flexibility index (Phi) is 5.29. The summed E-state index contributed by atoms with van der Waals surface area (Å²) in [5, 5.41) is 6.21. The van der Waals surface area contributed by atoms with Gasteiger partial charge in [-0.3, -0.25) is 9.59 Å². The van der Waals surface area contributed by atoms with Gasteiger partial charge in [-0.15, -0.1) is 0 Å². The van der Waals surface area contributed by atoms with E-state index in [0.29, 0.717) is 27.5 Å². The molecule has 4 amide bonds. The molecule has 8 heteroatoms. The van der Waals surface area contributed by atoms with Gasteiger partial charge in [-0.1, -0.05) is 44.2 Å². The molecular weight excluding hydrogens is 424 g/mol. The van der Waals surface area contributed by atoms with Crippen molar-refractivity contribution in [3.05, 3.63) is 53.6 Å². The third-order valence-electron chi connectivity index (χ3n) is 5.04. The van der Waals surface area contributed by atoms with Crippen LogP contribution in [0.25, 0.3) is 10.2 Å². The van der Waals surface area contributed by atoms with E-state index in [4.69, 9.17) is 0 Å². The van der Waals surface area contributed by atoms with E-state index < -0.39 is 0 Å². The van der Waals surface area contributed by atoms with E-state index in [2.05, 4.69) is 36.4 Å². The van der Waals surface area contributed by atoms with Crippen LogP contribution in [0.1, 0.15) is 61.8 Å². The lowest BCUT2D eigenvalue weighted by atomic mass is 9.82. The molecule has 0 aliphatic carbocycles. The van der Waals surface area contributed by atoms with E-state index in [9.17, 15) is 14.4 Å². The van der Waals surface area contributed by atoms with Crippen LogP contribution in [0, 0.1) is 5.41 Å². The average molecular weight is 451 g/mol. The first-order valence-corrected chi connectivity index (χ1v) is 11.2. The van der Waals surface area contributed by atoms with Crippen LogP contribution < -0.4 is 15.5 Å². The SMILES string of the molecule is CC(C)(C)CC(C)(C)NC(=O)Nc1ccc2nc(N3C(=O)c4ccccc4C3=O)sc2c1. The molecule has 0 spiro atoms. The fraction of sp³-hybridized carbons (Fsp3) is 0.333. The van der Waals surface area contributed by atoms with Crippen LogP contribution in [-0.4, -0.2) is 28.4 Å². The number of imide groups is 1. The number of nitrogens with one attached hydrogen (secondary N) is 2. The van der Waals surface area contributed by atoms with E-state index in [1.165, 1.54) is 11.3 Å². The first kappa shape index (κ1) is 22.0. The normalized spacial score (nSPS) is 14.1. The third kappa shape index (κ3) is 4.36. The highest BCUT2D eigenvalue weighted by Gasteiger charge is 2.38. The fourth-order valence-electron chi connectivity index (χ4n) is 4.29. The topological polar surface area (TPSA) is 91.4 Å². The fourth-order valence-corrected chi connectivity index (χ4v) is 5.29. The summed E-state index contributed by atoms with van der Waals surface area (Å²) in [6.45, 7) is 10.4. The zero-order valence-electron chi connectivity index (χ0n) is 18.8. The van der Waals surface area contributed by atoms with Gasteiger partial charge in [0.2, 0.25) is 5.13 Å². The lowest BCUT2D eigenvalue weighted by Gasteiger charge is -2.33. The number of urea groups is 1. The number of thiazole rings is 1. The summed E-state index contributed by atoms with van der Waals surface area (Å²) in [5.74, 6) is -0.744. The minimum Gasteiger partial charge on any atom is -0.333 e. The van der Waals surface area contributed by atoms with Crippen molar-refractivity contribution in [1.29, 1.82) is 0 Å². The van der Waals surface area contributed by atoms with Crippen LogP contribution in [0.2, 0.25) is 0 Å². The summed E-state index contributed by atoms with van der Waals surface area (Å²) in [5.41, 5.74) is 1.75. The van der Waals surface area contributed by atoms with Crippen LogP contribution >= 0.6 is 11.3 Å². The highest BCUT2D eigenvalue weighted by Crippen LogP contribution is 2.35. The minimum atomic E-state index is -0.372. The van der Waals surface area contributed by atoms with Crippen LogP contribution in [0.3, 0.4) is 0 Å². The van der Waals surface area contributed by atoms with Gasteiger partial charge in [0.1, 0.15) is 0 Å². The summed E-state index contributed by atoms with van der Waals surface area (Å²) in [6.07, 6.45) is 0.824. The number of carbonyl (C=O) groups excluding carboxylic acids is 3. The third-order valence-corrected chi connectivity index (χ3v) is 6.05. The van der Waals surface area contributed by atoms with Gasteiger partial charge in [0.05, 0.1) is 21.3 Å². The number of amides is 4. The van der Waals surface area contributed by atoms with Gasteiger partial charge in [0.15, 0.2) is 0 Å². The van der Waals surface area contributed by atoms with Crippen molar-refractivity contribution < 1.29 is 14.4 Å². The number of rotatable bonds is 4. The highest BCUT2D eigenvalue weighted by atomic mass is 32.1. The Morgan fingerprint density at radius 2 is 1.62 bits per heavy atom. The highest BCUT2D eigenvalue weighted by molar-refractivity contribution is 7.22. The van der Waals surface area contributed by atoms with Gasteiger partial charge in [-0.2, -0.15) is 0 Å². The summed E-state index contributed by atoms with van der Waals surface area (Å²) in [4.78, 5) is 43.6. The Bertz CT molecular complexity index is 1200. The van der Waals surface area contributed by atoms with Gasteiger partial charge in [0.25, 0.3) is 11.8 Å². The van der Waals surface area contributed by atoms with E-state index in [-0.39, 0.29) is 28.8 Å². The summed E-state index contributed by atoms with van der Waals surface area (Å²) < 4.78 is 0.767. The Hall–Kier alpha value is -3.26. The molecule has 3 aromatic rings. The molecule has 0 bridgehead atoms. The number of anilines is 2. The number of hydrogen-bond donors (Lipinski definition) is 2. The smallest absolute Gasteiger partial charge is 0.319 e. The number of nitrogens with zero attached hydrogens (tertiary/aromatic N) is 2. The molecule has 2 N–H and O–H groups in total. The number of benzene rings is 2. The molecule has 32 heavy (non-hydrogen) atoms. The lowest BCUT2D eigenvalue weighted by molar-refractivity contribution is 0.0926. The molecule has 2 aromatic carbocycles. The second-order valence-electron chi connectivity index (χ2n) is 9.87. The van der Waals surface area contributed by atoms with Gasteiger partial charge >= 0.3 is 6.03 Å². The molecule has 1 aliphatic heterocycles. The van der Waals surface area contributed by atoms with Gasteiger partial charge in [-0.05, 0) is 56.0 Å². The van der Waals surface area contributed by atoms with Crippen molar-refractivity contribution in [3.8, 4) is 0 Å². The van der Waals surface area contributed by atoms with Gasteiger partial charge < -0.3 is 10.6 Å². The van der Waals surface area contributed by atoms with Crippen molar-refractivity contribution in [2.45, 2.75) is 46.6 Å². The van der Waals surface area contributed by atoms with Crippen molar-refractivity contribution in [2.24, 2.45) is 5.41 Å². The summed E-state index contributed by atoms with van der Waals surface area (Å²) >= 11 is 1.24. The van der Waals surface area contributed by atoms with E-state index in [1.807, 2.05) is 13.8 Å². The Morgan fingerprint density at radius 1 is 1.00 bits per heavy atom. The van der Waals surface area contributed by atoms with Crippen LogP contribution in [0.4, 0.5) is 15.6 Å². The maximum Gasteiger partial charge on any atom is 0.319 e. The molecule has 1 aliphatic rings. The second-order valence-corrected chi connectivity index (χ2v) is 10.9. The monoisotopic (exact) mass is 450 g/mol. The van der Waals surface area contributed by atoms with Crippen molar-refractivity contribution in [1.82, 2.24) is 10.3 Å². The maximum absolute atomic E-state index is 12.7. The Morgan fingerprint density at radius 3 is 2.22 bits per heavy atom. The first-order chi connectivity index (χ1) is 14.9. The Labute approximate surface area is 190 Å². The molecule has 2 heterocycles. The van der Waals surface area contributed by atoms with E-state index >= 15 is 0 Å². The molecule has 1 aromatic heterocycles. The quantitative estimate of drug-likeness (QED) is 0.518. The maximum atomic E-state index is 12.7. The van der Waals surface area contributed by atoms with Crippen LogP contribution in [0.5, 0.6) is 0 Å². The molecular formula is C24H26N4O3S. The molecule has 0 unspecified atom stereocenters. The number of hydrogen-bond acceptors (Lipinski definition) is 5. The van der Waals surface area contributed by atoms with Gasteiger partial charge in [0, 0.05) is 11.2 Å². The molecule has 0 saturated heterocycles. The predicted molar refractivity (Wildman–Crippen MR) is 128 cm³/mol. The molecule has 7 nitrogen and oxygen atoms in total. The zero-order chi connectivity index (χ0) is 23.3. The number of aromatic nitrogens is 1. The first-order valence-electron chi connectivity index (χ1n) is 10.4. The predicted octanol–water partition coefficient (Wildman–Crippen LogP) is 5.43.